The SMILES string of the molecule is CCOSOc1cccnc1-n1ccc2nc(C)cn2c1=O. The lowest BCUT2D eigenvalue weighted by atomic mass is 10.4. The van der Waals surface area contributed by atoms with Gasteiger partial charge in [0.05, 0.1) is 12.3 Å². The molecule has 3 rings (SSSR count). The zero-order chi connectivity index (χ0) is 15.5. The highest BCUT2D eigenvalue weighted by molar-refractivity contribution is 7.90. The van der Waals surface area contributed by atoms with Crippen molar-refractivity contribution in [1.29, 1.82) is 0 Å². The molecule has 0 saturated heterocycles. The van der Waals surface area contributed by atoms with Crippen LogP contribution in [0.5, 0.6) is 5.75 Å². The molecule has 0 fully saturated rings. The lowest BCUT2D eigenvalue weighted by molar-refractivity contribution is 0.369. The molecule has 0 spiro atoms. The van der Waals surface area contributed by atoms with Crippen molar-refractivity contribution in [3.63, 3.8) is 0 Å². The zero-order valence-electron chi connectivity index (χ0n) is 12.1. The summed E-state index contributed by atoms with van der Waals surface area (Å²) in [6, 6.07) is 5.21. The summed E-state index contributed by atoms with van der Waals surface area (Å²) in [4.78, 5) is 21.1. The fourth-order valence-electron chi connectivity index (χ4n) is 2.01. The monoisotopic (exact) mass is 318 g/mol. The highest BCUT2D eigenvalue weighted by Gasteiger charge is 2.12. The van der Waals surface area contributed by atoms with E-state index in [4.69, 9.17) is 8.37 Å². The fourth-order valence-corrected chi connectivity index (χ4v) is 2.35. The molecule has 0 aliphatic carbocycles. The molecule has 3 aromatic heterocycles. The van der Waals surface area contributed by atoms with Crippen molar-refractivity contribution in [1.82, 2.24) is 18.9 Å². The third kappa shape index (κ3) is 2.70. The molecule has 0 saturated carbocycles. The van der Waals surface area contributed by atoms with Gasteiger partial charge in [0.1, 0.15) is 5.65 Å². The number of aryl methyl sites for hydroxylation is 1. The number of aromatic nitrogens is 4. The minimum absolute atomic E-state index is 0.261. The summed E-state index contributed by atoms with van der Waals surface area (Å²) in [5, 5.41) is 0. The van der Waals surface area contributed by atoms with Crippen molar-refractivity contribution in [2.75, 3.05) is 6.61 Å². The Balaban J connectivity index is 2.07. The Morgan fingerprint density at radius 1 is 1.36 bits per heavy atom. The van der Waals surface area contributed by atoms with Gasteiger partial charge >= 0.3 is 5.69 Å². The van der Waals surface area contributed by atoms with Gasteiger partial charge in [0.15, 0.2) is 11.6 Å². The van der Waals surface area contributed by atoms with Crippen LogP contribution in [0.4, 0.5) is 0 Å². The van der Waals surface area contributed by atoms with E-state index in [-0.39, 0.29) is 5.69 Å². The largest absolute Gasteiger partial charge is 0.396 e. The lowest BCUT2D eigenvalue weighted by Crippen LogP contribution is -2.25. The molecule has 0 radical (unpaired) electrons. The van der Waals surface area contributed by atoms with Gasteiger partial charge in [-0.15, -0.1) is 0 Å². The maximum atomic E-state index is 12.6. The molecule has 0 N–H and O–H groups in total. The summed E-state index contributed by atoms with van der Waals surface area (Å²) in [6.45, 7) is 4.21. The van der Waals surface area contributed by atoms with E-state index >= 15 is 0 Å². The Morgan fingerprint density at radius 3 is 3.05 bits per heavy atom. The Labute approximate surface area is 131 Å². The minimum Gasteiger partial charge on any atom is -0.396 e. The summed E-state index contributed by atoms with van der Waals surface area (Å²) >= 11 is 0.854. The van der Waals surface area contributed by atoms with Crippen molar-refractivity contribution >= 4 is 18.0 Å². The van der Waals surface area contributed by atoms with E-state index in [0.717, 1.165) is 18.0 Å². The maximum Gasteiger partial charge on any atom is 0.339 e. The normalized spacial score (nSPS) is 11.0. The number of pyridine rings is 1. The van der Waals surface area contributed by atoms with Crippen LogP contribution in [-0.2, 0) is 4.18 Å². The summed E-state index contributed by atoms with van der Waals surface area (Å²) in [7, 11) is 0. The Morgan fingerprint density at radius 2 is 2.23 bits per heavy atom. The first-order valence-corrected chi connectivity index (χ1v) is 7.36. The summed E-state index contributed by atoms with van der Waals surface area (Å²) in [5.74, 6) is 0.840. The van der Waals surface area contributed by atoms with Crippen LogP contribution in [0.25, 0.3) is 11.5 Å². The van der Waals surface area contributed by atoms with Crippen molar-refractivity contribution in [3.05, 3.63) is 53.0 Å². The van der Waals surface area contributed by atoms with E-state index in [0.29, 0.717) is 23.8 Å². The van der Waals surface area contributed by atoms with Gasteiger partial charge in [-0.2, -0.15) is 0 Å². The average Bonchev–Trinajstić information content (AvgIpc) is 2.90. The number of imidazole rings is 1. The van der Waals surface area contributed by atoms with Gasteiger partial charge in [0, 0.05) is 18.6 Å². The molecule has 22 heavy (non-hydrogen) atoms. The van der Waals surface area contributed by atoms with E-state index in [1.165, 1.54) is 8.97 Å². The number of nitrogens with zero attached hydrogens (tertiary/aromatic N) is 4. The topological polar surface area (TPSA) is 70.7 Å². The summed E-state index contributed by atoms with van der Waals surface area (Å²) < 4.78 is 13.4. The van der Waals surface area contributed by atoms with E-state index in [1.807, 2.05) is 13.8 Å². The summed E-state index contributed by atoms with van der Waals surface area (Å²) in [5.41, 5.74) is 1.11. The van der Waals surface area contributed by atoms with Crippen molar-refractivity contribution in [2.45, 2.75) is 13.8 Å². The predicted molar refractivity (Wildman–Crippen MR) is 83.2 cm³/mol. The van der Waals surface area contributed by atoms with Crippen LogP contribution in [0.2, 0.25) is 0 Å². The van der Waals surface area contributed by atoms with Gasteiger partial charge in [0.25, 0.3) is 0 Å². The van der Waals surface area contributed by atoms with Gasteiger partial charge in [-0.3, -0.25) is 8.58 Å². The van der Waals surface area contributed by atoms with Crippen molar-refractivity contribution < 1.29 is 8.37 Å². The van der Waals surface area contributed by atoms with E-state index in [1.54, 1.807) is 36.8 Å². The Hall–Kier alpha value is -2.32. The number of fused-ring (bicyclic) bond motifs is 1. The highest BCUT2D eigenvalue weighted by atomic mass is 32.2. The van der Waals surface area contributed by atoms with Crippen LogP contribution < -0.4 is 9.87 Å². The summed E-state index contributed by atoms with van der Waals surface area (Å²) in [6.07, 6.45) is 4.92. The van der Waals surface area contributed by atoms with Crippen LogP contribution in [0.1, 0.15) is 12.6 Å². The highest BCUT2D eigenvalue weighted by Crippen LogP contribution is 2.23. The van der Waals surface area contributed by atoms with Crippen LogP contribution in [0, 0.1) is 6.92 Å². The van der Waals surface area contributed by atoms with Crippen LogP contribution >= 0.6 is 12.3 Å². The molecule has 0 aliphatic rings. The molecule has 0 bridgehead atoms. The molecule has 3 heterocycles. The van der Waals surface area contributed by atoms with Crippen molar-refractivity contribution in [2.24, 2.45) is 0 Å². The lowest BCUT2D eigenvalue weighted by Gasteiger charge is -2.10. The molecular formula is C14H14N4O3S. The van der Waals surface area contributed by atoms with Crippen LogP contribution in [0.3, 0.4) is 0 Å². The second-order valence-electron chi connectivity index (χ2n) is 4.46. The van der Waals surface area contributed by atoms with Gasteiger partial charge in [-0.1, -0.05) is 0 Å². The molecule has 0 aliphatic heterocycles. The zero-order valence-corrected chi connectivity index (χ0v) is 12.9. The van der Waals surface area contributed by atoms with Crippen molar-refractivity contribution in [3.8, 4) is 11.6 Å². The second kappa shape index (κ2) is 6.20. The third-order valence-electron chi connectivity index (χ3n) is 2.91. The molecule has 0 unspecified atom stereocenters. The van der Waals surface area contributed by atoms with Crippen LogP contribution in [0.15, 0.2) is 41.6 Å². The number of hydrogen-bond donors (Lipinski definition) is 0. The number of hydrogen-bond acceptors (Lipinski definition) is 6. The van der Waals surface area contributed by atoms with E-state index < -0.39 is 0 Å². The second-order valence-corrected chi connectivity index (χ2v) is 5.00. The molecule has 0 aromatic carbocycles. The molecule has 8 heteroatoms. The fraction of sp³-hybridized carbons (Fsp3) is 0.214. The first kappa shape index (κ1) is 14.6. The van der Waals surface area contributed by atoms with Gasteiger partial charge in [-0.25, -0.2) is 19.3 Å². The average molecular weight is 318 g/mol. The molecule has 7 nitrogen and oxygen atoms in total. The molecule has 0 amide bonds. The van der Waals surface area contributed by atoms with Gasteiger partial charge in [0.2, 0.25) is 12.3 Å². The van der Waals surface area contributed by atoms with Gasteiger partial charge in [-0.05, 0) is 32.0 Å². The third-order valence-corrected chi connectivity index (χ3v) is 3.49. The maximum absolute atomic E-state index is 12.6. The van der Waals surface area contributed by atoms with Crippen LogP contribution in [-0.4, -0.2) is 25.5 Å². The quantitative estimate of drug-likeness (QED) is 0.530. The first-order valence-electron chi connectivity index (χ1n) is 6.69. The molecule has 0 atom stereocenters. The molecule has 114 valence electrons. The molecular weight excluding hydrogens is 304 g/mol. The number of rotatable bonds is 5. The minimum atomic E-state index is -0.261. The predicted octanol–water partition coefficient (Wildman–Crippen LogP) is 2.17. The van der Waals surface area contributed by atoms with E-state index in [9.17, 15) is 4.79 Å². The first-order chi connectivity index (χ1) is 10.7. The van der Waals surface area contributed by atoms with E-state index in [2.05, 4.69) is 9.97 Å². The van der Waals surface area contributed by atoms with Gasteiger partial charge < -0.3 is 4.18 Å². The Kier molecular flexibility index (Phi) is 4.12. The standard InChI is InChI=1S/C14H14N4O3S/c1-3-20-22-21-11-5-4-7-15-13(11)17-8-6-12-16-10(2)9-18(12)14(17)19/h4-9H,3H2,1-2H3. The molecule has 3 aromatic rings. The smallest absolute Gasteiger partial charge is 0.339 e. The Bertz CT molecular complexity index is 859.